The predicted molar refractivity (Wildman–Crippen MR) is 55.2 cm³/mol. The largest absolute Gasteiger partial charge is 0.468 e. The number of aromatic nitrogens is 1. The van der Waals surface area contributed by atoms with Gasteiger partial charge in [0.15, 0.2) is 0 Å². The maximum atomic E-state index is 11.0. The molecular weight excluding hydrogens is 200 g/mol. The standard InChI is InChI=1S/C9H14N2O2S/c1-6(9(12)13-3)10-4-8-5-11-7(2)14-8/h5-6,10H,4H2,1-3H3/t6-/m0/s1. The number of nitrogens with one attached hydrogen (secondary N) is 1. The molecule has 0 aliphatic carbocycles. The van der Waals surface area contributed by atoms with Crippen molar-refractivity contribution in [2.45, 2.75) is 26.4 Å². The predicted octanol–water partition coefficient (Wildman–Crippen LogP) is 1.10. The SMILES string of the molecule is COC(=O)[C@H](C)NCc1cnc(C)s1. The lowest BCUT2D eigenvalue weighted by molar-refractivity contribution is -0.142. The normalized spacial score (nSPS) is 12.5. The molecule has 78 valence electrons. The van der Waals surface area contributed by atoms with E-state index in [1.165, 1.54) is 7.11 Å². The third-order valence-electron chi connectivity index (χ3n) is 1.81. The van der Waals surface area contributed by atoms with Gasteiger partial charge < -0.3 is 4.74 Å². The average Bonchev–Trinajstić information content (AvgIpc) is 2.59. The second-order valence-electron chi connectivity index (χ2n) is 2.97. The lowest BCUT2D eigenvalue weighted by Crippen LogP contribution is -2.34. The third-order valence-corrected chi connectivity index (χ3v) is 2.72. The molecule has 0 spiro atoms. The van der Waals surface area contributed by atoms with E-state index in [1.54, 1.807) is 18.3 Å². The summed E-state index contributed by atoms with van der Waals surface area (Å²) in [6.45, 7) is 4.39. The summed E-state index contributed by atoms with van der Waals surface area (Å²) >= 11 is 1.62. The van der Waals surface area contributed by atoms with Gasteiger partial charge in [-0.25, -0.2) is 4.98 Å². The van der Waals surface area contributed by atoms with Gasteiger partial charge in [-0.1, -0.05) is 0 Å². The number of methoxy groups -OCH3 is 1. The van der Waals surface area contributed by atoms with Crippen molar-refractivity contribution in [1.29, 1.82) is 0 Å². The Morgan fingerprint density at radius 2 is 2.50 bits per heavy atom. The first-order valence-corrected chi connectivity index (χ1v) is 5.17. The van der Waals surface area contributed by atoms with Crippen molar-refractivity contribution in [2.24, 2.45) is 0 Å². The number of aryl methyl sites for hydroxylation is 1. The maximum absolute atomic E-state index is 11.0. The second-order valence-corrected chi connectivity index (χ2v) is 4.29. The zero-order valence-electron chi connectivity index (χ0n) is 8.53. The number of ether oxygens (including phenoxy) is 1. The fourth-order valence-electron chi connectivity index (χ4n) is 1.00. The Morgan fingerprint density at radius 3 is 3.00 bits per heavy atom. The molecule has 1 aromatic rings. The van der Waals surface area contributed by atoms with Crippen LogP contribution in [0.4, 0.5) is 0 Å². The van der Waals surface area contributed by atoms with E-state index in [0.717, 1.165) is 9.88 Å². The van der Waals surface area contributed by atoms with E-state index in [-0.39, 0.29) is 12.0 Å². The Hall–Kier alpha value is -0.940. The van der Waals surface area contributed by atoms with E-state index in [9.17, 15) is 4.79 Å². The fourth-order valence-corrected chi connectivity index (χ4v) is 1.75. The molecule has 0 fully saturated rings. The van der Waals surface area contributed by atoms with E-state index >= 15 is 0 Å². The molecule has 1 heterocycles. The number of carbonyl (C=O) groups excluding carboxylic acids is 1. The van der Waals surface area contributed by atoms with Crippen LogP contribution < -0.4 is 5.32 Å². The van der Waals surface area contributed by atoms with Crippen LogP contribution in [0.3, 0.4) is 0 Å². The zero-order valence-corrected chi connectivity index (χ0v) is 9.35. The first-order valence-electron chi connectivity index (χ1n) is 4.36. The molecule has 5 heteroatoms. The lowest BCUT2D eigenvalue weighted by atomic mass is 10.3. The molecule has 1 aromatic heterocycles. The molecule has 0 saturated carbocycles. The minimum absolute atomic E-state index is 0.244. The number of hydrogen-bond donors (Lipinski definition) is 1. The molecule has 0 aromatic carbocycles. The highest BCUT2D eigenvalue weighted by Crippen LogP contribution is 2.10. The molecule has 0 amide bonds. The van der Waals surface area contributed by atoms with Gasteiger partial charge in [-0.15, -0.1) is 11.3 Å². The van der Waals surface area contributed by atoms with Crippen molar-refractivity contribution in [3.8, 4) is 0 Å². The molecule has 0 bridgehead atoms. The number of thiazole rings is 1. The van der Waals surface area contributed by atoms with E-state index in [2.05, 4.69) is 15.0 Å². The van der Waals surface area contributed by atoms with E-state index in [1.807, 2.05) is 13.1 Å². The lowest BCUT2D eigenvalue weighted by Gasteiger charge is -2.09. The van der Waals surface area contributed by atoms with Crippen LogP contribution in [0.1, 0.15) is 16.8 Å². The Labute approximate surface area is 87.3 Å². The maximum Gasteiger partial charge on any atom is 0.322 e. The van der Waals surface area contributed by atoms with Crippen LogP contribution in [0.2, 0.25) is 0 Å². The number of nitrogens with zero attached hydrogens (tertiary/aromatic N) is 1. The molecule has 0 aliphatic heterocycles. The number of carbonyl (C=O) groups is 1. The van der Waals surface area contributed by atoms with Crippen LogP contribution in [-0.2, 0) is 16.1 Å². The minimum Gasteiger partial charge on any atom is -0.468 e. The summed E-state index contributed by atoms with van der Waals surface area (Å²) < 4.78 is 4.59. The van der Waals surface area contributed by atoms with Crippen LogP contribution in [0.15, 0.2) is 6.20 Å². The van der Waals surface area contributed by atoms with E-state index in [0.29, 0.717) is 6.54 Å². The molecule has 4 nitrogen and oxygen atoms in total. The van der Waals surface area contributed by atoms with Gasteiger partial charge >= 0.3 is 5.97 Å². The summed E-state index contributed by atoms with van der Waals surface area (Å²) in [4.78, 5) is 16.3. The van der Waals surface area contributed by atoms with Gasteiger partial charge in [-0.3, -0.25) is 10.1 Å². The monoisotopic (exact) mass is 214 g/mol. The Kier molecular flexibility index (Phi) is 4.03. The van der Waals surface area contributed by atoms with Gasteiger partial charge in [0.05, 0.1) is 12.1 Å². The van der Waals surface area contributed by atoms with Crippen molar-refractivity contribution in [3.05, 3.63) is 16.1 Å². The van der Waals surface area contributed by atoms with Crippen molar-refractivity contribution < 1.29 is 9.53 Å². The van der Waals surface area contributed by atoms with Gasteiger partial charge in [0, 0.05) is 17.6 Å². The fraction of sp³-hybridized carbons (Fsp3) is 0.556. The highest BCUT2D eigenvalue weighted by Gasteiger charge is 2.11. The van der Waals surface area contributed by atoms with Crippen LogP contribution in [-0.4, -0.2) is 24.1 Å². The summed E-state index contributed by atoms with van der Waals surface area (Å²) in [5.74, 6) is -0.244. The second kappa shape index (κ2) is 5.07. The Morgan fingerprint density at radius 1 is 1.79 bits per heavy atom. The van der Waals surface area contributed by atoms with Crippen LogP contribution in [0.25, 0.3) is 0 Å². The summed E-state index contributed by atoms with van der Waals surface area (Å²) in [7, 11) is 1.39. The Bertz CT molecular complexity index is 312. The molecule has 1 rings (SSSR count). The number of esters is 1. The molecule has 0 saturated heterocycles. The van der Waals surface area contributed by atoms with Crippen molar-refractivity contribution in [3.63, 3.8) is 0 Å². The van der Waals surface area contributed by atoms with Crippen LogP contribution in [0, 0.1) is 6.92 Å². The average molecular weight is 214 g/mol. The minimum atomic E-state index is -0.276. The summed E-state index contributed by atoms with van der Waals surface area (Å²) in [6.07, 6.45) is 1.82. The van der Waals surface area contributed by atoms with Crippen LogP contribution >= 0.6 is 11.3 Å². The van der Waals surface area contributed by atoms with E-state index in [4.69, 9.17) is 0 Å². The molecule has 0 unspecified atom stereocenters. The summed E-state index contributed by atoms with van der Waals surface area (Å²) in [5, 5.41) is 4.09. The molecule has 0 radical (unpaired) electrons. The van der Waals surface area contributed by atoms with Crippen molar-refractivity contribution in [1.82, 2.24) is 10.3 Å². The highest BCUT2D eigenvalue weighted by molar-refractivity contribution is 7.11. The molecule has 1 N–H and O–H groups in total. The van der Waals surface area contributed by atoms with Gasteiger partial charge in [0.25, 0.3) is 0 Å². The van der Waals surface area contributed by atoms with Gasteiger partial charge in [0.2, 0.25) is 0 Å². The zero-order chi connectivity index (χ0) is 10.6. The first kappa shape index (κ1) is 11.1. The first-order chi connectivity index (χ1) is 6.63. The van der Waals surface area contributed by atoms with Crippen molar-refractivity contribution in [2.75, 3.05) is 7.11 Å². The Balaban J connectivity index is 2.37. The molecule has 0 aliphatic rings. The number of hydrogen-bond acceptors (Lipinski definition) is 5. The third kappa shape index (κ3) is 3.08. The molecule has 1 atom stereocenters. The highest BCUT2D eigenvalue weighted by atomic mass is 32.1. The van der Waals surface area contributed by atoms with Gasteiger partial charge in [0.1, 0.15) is 6.04 Å². The number of rotatable bonds is 4. The molecular formula is C9H14N2O2S. The van der Waals surface area contributed by atoms with Crippen LogP contribution in [0.5, 0.6) is 0 Å². The van der Waals surface area contributed by atoms with Gasteiger partial charge in [-0.05, 0) is 13.8 Å². The quantitative estimate of drug-likeness (QED) is 0.763. The molecule has 14 heavy (non-hydrogen) atoms. The van der Waals surface area contributed by atoms with Gasteiger partial charge in [-0.2, -0.15) is 0 Å². The van der Waals surface area contributed by atoms with E-state index < -0.39 is 0 Å². The summed E-state index contributed by atoms with van der Waals surface area (Å²) in [5.41, 5.74) is 0. The van der Waals surface area contributed by atoms with Crippen molar-refractivity contribution >= 4 is 17.3 Å². The smallest absolute Gasteiger partial charge is 0.322 e. The topological polar surface area (TPSA) is 51.2 Å². The summed E-state index contributed by atoms with van der Waals surface area (Å²) in [6, 6.07) is -0.276.